The first-order valence-corrected chi connectivity index (χ1v) is 8.45. The zero-order valence-corrected chi connectivity index (χ0v) is 13.4. The van der Waals surface area contributed by atoms with E-state index in [-0.39, 0.29) is 6.04 Å². The molecule has 1 aliphatic heterocycles. The highest BCUT2D eigenvalue weighted by atomic mass is 32.1. The fraction of sp³-hybridized carbons (Fsp3) is 0.312. The Hall–Kier alpha value is -2.25. The summed E-state index contributed by atoms with van der Waals surface area (Å²) >= 11 is 1.64. The smallest absolute Gasteiger partial charge is 0.186 e. The Balaban J connectivity index is 1.63. The minimum absolute atomic E-state index is 0.0427. The molecule has 118 valence electrons. The van der Waals surface area contributed by atoms with Gasteiger partial charge in [0.2, 0.25) is 0 Å². The average molecular weight is 327 g/mol. The molecule has 1 atom stereocenters. The van der Waals surface area contributed by atoms with Crippen molar-refractivity contribution in [3.63, 3.8) is 0 Å². The van der Waals surface area contributed by atoms with Crippen molar-refractivity contribution in [2.24, 2.45) is 0 Å². The summed E-state index contributed by atoms with van der Waals surface area (Å²) < 4.78 is 7.65. The second-order valence-corrected chi connectivity index (χ2v) is 6.23. The number of morpholine rings is 1. The van der Waals surface area contributed by atoms with Crippen LogP contribution in [0.5, 0.6) is 0 Å². The third-order valence-corrected chi connectivity index (χ3v) is 4.72. The normalized spacial score (nSPS) is 18.3. The summed E-state index contributed by atoms with van der Waals surface area (Å²) in [5, 5.41) is 7.41. The lowest BCUT2D eigenvalue weighted by Crippen LogP contribution is -2.41. The van der Waals surface area contributed by atoms with Crippen LogP contribution in [0, 0.1) is 0 Å². The van der Waals surface area contributed by atoms with E-state index in [1.165, 1.54) is 5.56 Å². The van der Waals surface area contributed by atoms with Crippen LogP contribution in [-0.4, -0.2) is 39.5 Å². The molecule has 0 saturated carbocycles. The largest absolute Gasteiger partial charge is 0.377 e. The SMILES string of the molecule is c1ccc(Cn2ncnc2C2COCCN2c2nccs2)cc1. The number of thiazole rings is 1. The molecule has 1 aromatic carbocycles. The summed E-state index contributed by atoms with van der Waals surface area (Å²) in [6, 6.07) is 10.3. The molecule has 3 heterocycles. The third kappa shape index (κ3) is 2.97. The summed E-state index contributed by atoms with van der Waals surface area (Å²) in [6.07, 6.45) is 3.45. The Bertz CT molecular complexity index is 743. The number of rotatable bonds is 4. The second-order valence-electron chi connectivity index (χ2n) is 5.36. The van der Waals surface area contributed by atoms with E-state index in [0.29, 0.717) is 19.8 Å². The van der Waals surface area contributed by atoms with Gasteiger partial charge in [-0.05, 0) is 5.56 Å². The molecule has 0 aliphatic carbocycles. The van der Waals surface area contributed by atoms with Crippen LogP contribution >= 0.6 is 11.3 Å². The van der Waals surface area contributed by atoms with Gasteiger partial charge in [-0.2, -0.15) is 5.10 Å². The predicted octanol–water partition coefficient (Wildman–Crippen LogP) is 2.36. The van der Waals surface area contributed by atoms with Gasteiger partial charge in [-0.15, -0.1) is 11.3 Å². The first-order chi connectivity index (χ1) is 11.4. The highest BCUT2D eigenvalue weighted by molar-refractivity contribution is 7.13. The van der Waals surface area contributed by atoms with Crippen LogP contribution in [0.4, 0.5) is 5.13 Å². The van der Waals surface area contributed by atoms with E-state index >= 15 is 0 Å². The van der Waals surface area contributed by atoms with Gasteiger partial charge in [0.05, 0.1) is 19.8 Å². The van der Waals surface area contributed by atoms with Crippen molar-refractivity contribution in [3.05, 3.63) is 59.6 Å². The van der Waals surface area contributed by atoms with Crippen LogP contribution in [0.15, 0.2) is 48.2 Å². The van der Waals surface area contributed by atoms with Gasteiger partial charge < -0.3 is 9.64 Å². The van der Waals surface area contributed by atoms with Gasteiger partial charge in [-0.25, -0.2) is 14.6 Å². The van der Waals surface area contributed by atoms with Crippen molar-refractivity contribution < 1.29 is 4.74 Å². The maximum absolute atomic E-state index is 5.69. The number of ether oxygens (including phenoxy) is 1. The number of anilines is 1. The van der Waals surface area contributed by atoms with Gasteiger partial charge in [0.25, 0.3) is 0 Å². The molecule has 1 saturated heterocycles. The van der Waals surface area contributed by atoms with Crippen LogP contribution in [0.3, 0.4) is 0 Å². The van der Waals surface area contributed by atoms with E-state index in [2.05, 4.69) is 32.1 Å². The number of aromatic nitrogens is 4. The van der Waals surface area contributed by atoms with E-state index in [0.717, 1.165) is 17.5 Å². The molecule has 4 rings (SSSR count). The van der Waals surface area contributed by atoms with Crippen LogP contribution in [-0.2, 0) is 11.3 Å². The van der Waals surface area contributed by atoms with Crippen molar-refractivity contribution in [2.45, 2.75) is 12.6 Å². The number of hydrogen-bond acceptors (Lipinski definition) is 6. The minimum Gasteiger partial charge on any atom is -0.377 e. The minimum atomic E-state index is 0.0427. The number of hydrogen-bond donors (Lipinski definition) is 0. The Morgan fingerprint density at radius 1 is 1.22 bits per heavy atom. The van der Waals surface area contributed by atoms with Gasteiger partial charge in [-0.1, -0.05) is 30.3 Å². The molecule has 1 aliphatic rings. The van der Waals surface area contributed by atoms with E-state index in [9.17, 15) is 0 Å². The fourth-order valence-electron chi connectivity index (χ4n) is 2.81. The predicted molar refractivity (Wildman–Crippen MR) is 88.6 cm³/mol. The van der Waals surface area contributed by atoms with Crippen LogP contribution < -0.4 is 4.90 Å². The van der Waals surface area contributed by atoms with Gasteiger partial charge >= 0.3 is 0 Å². The van der Waals surface area contributed by atoms with E-state index < -0.39 is 0 Å². The number of nitrogens with zero attached hydrogens (tertiary/aromatic N) is 5. The molecular weight excluding hydrogens is 310 g/mol. The summed E-state index contributed by atoms with van der Waals surface area (Å²) in [7, 11) is 0. The molecule has 2 aromatic heterocycles. The Morgan fingerprint density at radius 3 is 2.96 bits per heavy atom. The lowest BCUT2D eigenvalue weighted by molar-refractivity contribution is 0.0904. The molecule has 6 nitrogen and oxygen atoms in total. The molecule has 0 bridgehead atoms. The molecule has 1 fully saturated rings. The fourth-order valence-corrected chi connectivity index (χ4v) is 3.53. The van der Waals surface area contributed by atoms with Crippen LogP contribution in [0.1, 0.15) is 17.4 Å². The monoisotopic (exact) mass is 327 g/mol. The standard InChI is InChI=1S/C16H17N5OS/c1-2-4-13(5-3-1)10-21-15(18-12-19-21)14-11-22-8-7-20(14)16-17-6-9-23-16/h1-6,9,12,14H,7-8,10-11H2. The van der Waals surface area contributed by atoms with Crippen LogP contribution in [0.25, 0.3) is 0 Å². The Labute approximate surface area is 138 Å². The van der Waals surface area contributed by atoms with Gasteiger partial charge in [0, 0.05) is 18.1 Å². The third-order valence-electron chi connectivity index (χ3n) is 3.91. The molecular formula is C16H17N5OS. The molecule has 0 spiro atoms. The summed E-state index contributed by atoms with van der Waals surface area (Å²) in [6.45, 7) is 2.84. The lowest BCUT2D eigenvalue weighted by atomic mass is 10.2. The quantitative estimate of drug-likeness (QED) is 0.736. The van der Waals surface area contributed by atoms with E-state index in [1.807, 2.05) is 34.5 Å². The lowest BCUT2D eigenvalue weighted by Gasteiger charge is -2.34. The first-order valence-electron chi connectivity index (χ1n) is 7.57. The molecule has 3 aromatic rings. The summed E-state index contributed by atoms with van der Waals surface area (Å²) in [4.78, 5) is 11.2. The van der Waals surface area contributed by atoms with Crippen molar-refractivity contribution >= 4 is 16.5 Å². The zero-order chi connectivity index (χ0) is 15.5. The maximum Gasteiger partial charge on any atom is 0.186 e. The second kappa shape index (κ2) is 6.47. The van der Waals surface area contributed by atoms with Crippen molar-refractivity contribution in [1.82, 2.24) is 19.7 Å². The van der Waals surface area contributed by atoms with Crippen molar-refractivity contribution in [3.8, 4) is 0 Å². The Kier molecular flexibility index (Phi) is 4.04. The zero-order valence-electron chi connectivity index (χ0n) is 12.6. The summed E-state index contributed by atoms with van der Waals surface area (Å²) in [5.41, 5.74) is 1.21. The van der Waals surface area contributed by atoms with Crippen molar-refractivity contribution in [2.75, 3.05) is 24.7 Å². The molecule has 7 heteroatoms. The molecule has 23 heavy (non-hydrogen) atoms. The van der Waals surface area contributed by atoms with E-state index in [4.69, 9.17) is 4.74 Å². The summed E-state index contributed by atoms with van der Waals surface area (Å²) in [5.74, 6) is 0.920. The highest BCUT2D eigenvalue weighted by Crippen LogP contribution is 2.30. The molecule has 0 radical (unpaired) electrons. The molecule has 0 N–H and O–H groups in total. The van der Waals surface area contributed by atoms with Crippen molar-refractivity contribution in [1.29, 1.82) is 0 Å². The van der Waals surface area contributed by atoms with E-state index in [1.54, 1.807) is 17.7 Å². The van der Waals surface area contributed by atoms with Crippen LogP contribution in [0.2, 0.25) is 0 Å². The number of benzene rings is 1. The van der Waals surface area contributed by atoms with Gasteiger partial charge in [-0.3, -0.25) is 0 Å². The molecule has 1 unspecified atom stereocenters. The topological polar surface area (TPSA) is 56.1 Å². The maximum atomic E-state index is 5.69. The first kappa shape index (κ1) is 14.3. The average Bonchev–Trinajstić information content (AvgIpc) is 3.27. The van der Waals surface area contributed by atoms with Gasteiger partial charge in [0.1, 0.15) is 12.4 Å². The highest BCUT2D eigenvalue weighted by Gasteiger charge is 2.30. The molecule has 0 amide bonds. The Morgan fingerprint density at radius 2 is 2.13 bits per heavy atom. The van der Waals surface area contributed by atoms with Gasteiger partial charge in [0.15, 0.2) is 11.0 Å².